The molecule has 0 spiro atoms. The topological polar surface area (TPSA) is 50.8 Å². The molecule has 0 aliphatic carbocycles. The molecule has 5 heteroatoms. The third-order valence-corrected chi connectivity index (χ3v) is 3.49. The lowest BCUT2D eigenvalue weighted by Crippen LogP contribution is -2.35. The molecular formula is C16H22N2O3. The summed E-state index contributed by atoms with van der Waals surface area (Å²) in [6, 6.07) is 5.99. The summed E-state index contributed by atoms with van der Waals surface area (Å²) in [5.41, 5.74) is 2.18. The molecule has 0 radical (unpaired) electrons. The van der Waals surface area contributed by atoms with Gasteiger partial charge < -0.3 is 14.8 Å². The number of ether oxygens (including phenoxy) is 2. The van der Waals surface area contributed by atoms with Crippen LogP contribution in [0.15, 0.2) is 30.9 Å². The molecule has 0 saturated carbocycles. The second kappa shape index (κ2) is 7.81. The van der Waals surface area contributed by atoms with Crippen LogP contribution in [0.1, 0.15) is 11.1 Å². The fourth-order valence-electron chi connectivity index (χ4n) is 2.33. The predicted octanol–water partition coefficient (Wildman–Crippen LogP) is 1.33. The fourth-order valence-corrected chi connectivity index (χ4v) is 2.33. The standard InChI is InChI=1S/C16H22N2O3/c1-3-16(19)17-11-13-4-5-15(20-2)14(10-13)12-18-6-8-21-9-7-18/h3-5,10H,1,6-9,11-12H2,2H3,(H,17,19). The van der Waals surface area contributed by atoms with Crippen molar-refractivity contribution in [2.75, 3.05) is 33.4 Å². The lowest BCUT2D eigenvalue weighted by atomic mass is 10.1. The summed E-state index contributed by atoms with van der Waals surface area (Å²) in [6.07, 6.45) is 1.28. The van der Waals surface area contributed by atoms with Crippen molar-refractivity contribution in [3.05, 3.63) is 42.0 Å². The molecule has 1 aliphatic heterocycles. The van der Waals surface area contributed by atoms with Crippen molar-refractivity contribution in [3.63, 3.8) is 0 Å². The molecule has 0 bridgehead atoms. The van der Waals surface area contributed by atoms with Crippen molar-refractivity contribution in [2.24, 2.45) is 0 Å². The highest BCUT2D eigenvalue weighted by atomic mass is 16.5. The maximum atomic E-state index is 11.2. The number of hydrogen-bond acceptors (Lipinski definition) is 4. The number of carbonyl (C=O) groups is 1. The van der Waals surface area contributed by atoms with Gasteiger partial charge in [-0.25, -0.2) is 0 Å². The van der Waals surface area contributed by atoms with Crippen LogP contribution in [0, 0.1) is 0 Å². The van der Waals surface area contributed by atoms with Crippen LogP contribution in [0.2, 0.25) is 0 Å². The Morgan fingerprint density at radius 3 is 2.90 bits per heavy atom. The number of methoxy groups -OCH3 is 1. The minimum atomic E-state index is -0.166. The maximum absolute atomic E-state index is 11.2. The summed E-state index contributed by atoms with van der Waals surface area (Å²) in [7, 11) is 1.68. The number of nitrogens with one attached hydrogen (secondary N) is 1. The Hall–Kier alpha value is -1.85. The molecular weight excluding hydrogens is 268 g/mol. The summed E-state index contributed by atoms with van der Waals surface area (Å²) in [5, 5.41) is 2.79. The van der Waals surface area contributed by atoms with Crippen LogP contribution in [0.5, 0.6) is 5.75 Å². The molecule has 0 atom stereocenters. The second-order valence-electron chi connectivity index (χ2n) is 4.96. The summed E-state index contributed by atoms with van der Waals surface area (Å²) >= 11 is 0. The minimum Gasteiger partial charge on any atom is -0.496 e. The third-order valence-electron chi connectivity index (χ3n) is 3.49. The van der Waals surface area contributed by atoms with Crippen LogP contribution >= 0.6 is 0 Å². The Balaban J connectivity index is 2.05. The number of nitrogens with zero attached hydrogens (tertiary/aromatic N) is 1. The van der Waals surface area contributed by atoms with E-state index >= 15 is 0 Å². The molecule has 1 aromatic rings. The van der Waals surface area contributed by atoms with Gasteiger partial charge in [0.05, 0.1) is 20.3 Å². The van der Waals surface area contributed by atoms with Crippen LogP contribution in [0.3, 0.4) is 0 Å². The normalized spacial score (nSPS) is 15.5. The summed E-state index contributed by atoms with van der Waals surface area (Å²) in [4.78, 5) is 13.6. The van der Waals surface area contributed by atoms with Gasteiger partial charge in [0.25, 0.3) is 0 Å². The van der Waals surface area contributed by atoms with Crippen LogP contribution in [-0.2, 0) is 22.6 Å². The summed E-state index contributed by atoms with van der Waals surface area (Å²) in [6.45, 7) is 8.18. The van der Waals surface area contributed by atoms with Crippen LogP contribution in [0.25, 0.3) is 0 Å². The van der Waals surface area contributed by atoms with Crippen molar-refractivity contribution in [3.8, 4) is 5.75 Å². The zero-order chi connectivity index (χ0) is 15.1. The van der Waals surface area contributed by atoms with Gasteiger partial charge >= 0.3 is 0 Å². The van der Waals surface area contributed by atoms with Gasteiger partial charge in [0, 0.05) is 31.7 Å². The Morgan fingerprint density at radius 2 is 2.24 bits per heavy atom. The van der Waals surface area contributed by atoms with Crippen molar-refractivity contribution in [1.82, 2.24) is 10.2 Å². The number of morpholine rings is 1. The molecule has 114 valence electrons. The van der Waals surface area contributed by atoms with E-state index in [1.165, 1.54) is 6.08 Å². The second-order valence-corrected chi connectivity index (χ2v) is 4.96. The van der Waals surface area contributed by atoms with E-state index in [-0.39, 0.29) is 5.91 Å². The highest BCUT2D eigenvalue weighted by molar-refractivity contribution is 5.86. The number of benzene rings is 1. The minimum absolute atomic E-state index is 0.166. The first-order chi connectivity index (χ1) is 10.2. The first-order valence-corrected chi connectivity index (χ1v) is 7.09. The average molecular weight is 290 g/mol. The maximum Gasteiger partial charge on any atom is 0.243 e. The van der Waals surface area contributed by atoms with Crippen molar-refractivity contribution in [2.45, 2.75) is 13.1 Å². The molecule has 21 heavy (non-hydrogen) atoms. The molecule has 1 saturated heterocycles. The lowest BCUT2D eigenvalue weighted by molar-refractivity contribution is -0.116. The van der Waals surface area contributed by atoms with E-state index in [2.05, 4.69) is 22.9 Å². The number of amides is 1. The smallest absolute Gasteiger partial charge is 0.243 e. The predicted molar refractivity (Wildman–Crippen MR) is 81.1 cm³/mol. The summed E-state index contributed by atoms with van der Waals surface area (Å²) < 4.78 is 10.8. The molecule has 1 heterocycles. The van der Waals surface area contributed by atoms with Crippen LogP contribution in [-0.4, -0.2) is 44.2 Å². The number of rotatable bonds is 6. The van der Waals surface area contributed by atoms with E-state index < -0.39 is 0 Å². The van der Waals surface area contributed by atoms with Gasteiger partial charge in [0.15, 0.2) is 0 Å². The molecule has 1 aromatic carbocycles. The molecule has 2 rings (SSSR count). The van der Waals surface area contributed by atoms with Crippen LogP contribution in [0.4, 0.5) is 0 Å². The third kappa shape index (κ3) is 4.58. The van der Waals surface area contributed by atoms with Crippen LogP contribution < -0.4 is 10.1 Å². The van der Waals surface area contributed by atoms with Gasteiger partial charge in [-0.3, -0.25) is 9.69 Å². The molecule has 1 aliphatic rings. The number of hydrogen-bond donors (Lipinski definition) is 1. The van der Waals surface area contributed by atoms with Crippen molar-refractivity contribution >= 4 is 5.91 Å². The van der Waals surface area contributed by atoms with Gasteiger partial charge in [-0.05, 0) is 23.8 Å². The zero-order valence-electron chi connectivity index (χ0n) is 12.4. The molecule has 5 nitrogen and oxygen atoms in total. The zero-order valence-corrected chi connectivity index (χ0v) is 12.4. The van der Waals surface area contributed by atoms with E-state index in [0.717, 1.165) is 49.7 Å². The van der Waals surface area contributed by atoms with E-state index in [9.17, 15) is 4.79 Å². The molecule has 0 aromatic heterocycles. The quantitative estimate of drug-likeness (QED) is 0.803. The van der Waals surface area contributed by atoms with Gasteiger partial charge in [-0.2, -0.15) is 0 Å². The van der Waals surface area contributed by atoms with Gasteiger partial charge in [-0.1, -0.05) is 12.6 Å². The average Bonchev–Trinajstić information content (AvgIpc) is 2.53. The van der Waals surface area contributed by atoms with Crippen molar-refractivity contribution < 1.29 is 14.3 Å². The van der Waals surface area contributed by atoms with Crippen molar-refractivity contribution in [1.29, 1.82) is 0 Å². The molecule has 1 fully saturated rings. The highest BCUT2D eigenvalue weighted by Gasteiger charge is 2.13. The highest BCUT2D eigenvalue weighted by Crippen LogP contribution is 2.22. The Morgan fingerprint density at radius 1 is 1.48 bits per heavy atom. The lowest BCUT2D eigenvalue weighted by Gasteiger charge is -2.27. The number of carbonyl (C=O) groups excluding carboxylic acids is 1. The van der Waals surface area contributed by atoms with Gasteiger partial charge in [-0.15, -0.1) is 0 Å². The Labute approximate surface area is 125 Å². The molecule has 1 amide bonds. The van der Waals surface area contributed by atoms with E-state index in [1.807, 2.05) is 12.1 Å². The monoisotopic (exact) mass is 290 g/mol. The first-order valence-electron chi connectivity index (χ1n) is 7.09. The molecule has 1 N–H and O–H groups in total. The SMILES string of the molecule is C=CC(=O)NCc1ccc(OC)c(CN2CCOCC2)c1. The van der Waals surface area contributed by atoms with E-state index in [0.29, 0.717) is 6.54 Å². The summed E-state index contributed by atoms with van der Waals surface area (Å²) in [5.74, 6) is 0.709. The van der Waals surface area contributed by atoms with Gasteiger partial charge in [0.2, 0.25) is 5.91 Å². The molecule has 0 unspecified atom stereocenters. The Bertz CT molecular complexity index is 496. The Kier molecular flexibility index (Phi) is 5.78. The largest absolute Gasteiger partial charge is 0.496 e. The fraction of sp³-hybridized carbons (Fsp3) is 0.438. The van der Waals surface area contributed by atoms with E-state index in [1.54, 1.807) is 7.11 Å². The van der Waals surface area contributed by atoms with Gasteiger partial charge in [0.1, 0.15) is 5.75 Å². The first kappa shape index (κ1) is 15.5. The van der Waals surface area contributed by atoms with E-state index in [4.69, 9.17) is 9.47 Å².